The van der Waals surface area contributed by atoms with Crippen LogP contribution in [0.5, 0.6) is 0 Å². The van der Waals surface area contributed by atoms with Gasteiger partial charge in [0.15, 0.2) is 0 Å². The number of esters is 1. The summed E-state index contributed by atoms with van der Waals surface area (Å²) in [5.74, 6) is -0.383. The molecule has 1 atom stereocenters. The molecule has 0 radical (unpaired) electrons. The molecule has 1 saturated heterocycles. The molecule has 0 N–H and O–H groups in total. The van der Waals surface area contributed by atoms with E-state index in [9.17, 15) is 9.59 Å². The van der Waals surface area contributed by atoms with Crippen LogP contribution in [-0.2, 0) is 20.9 Å². The minimum absolute atomic E-state index is 0.175. The van der Waals surface area contributed by atoms with Crippen LogP contribution in [0.15, 0.2) is 30.3 Å². The van der Waals surface area contributed by atoms with Crippen LogP contribution in [0.2, 0.25) is 0 Å². The van der Waals surface area contributed by atoms with E-state index in [1.54, 1.807) is 4.90 Å². The van der Waals surface area contributed by atoms with E-state index >= 15 is 0 Å². The summed E-state index contributed by atoms with van der Waals surface area (Å²) in [7, 11) is 0. The van der Waals surface area contributed by atoms with Crippen LogP contribution in [0.25, 0.3) is 0 Å². The lowest BCUT2D eigenvalue weighted by Gasteiger charge is -2.47. The Morgan fingerprint density at radius 1 is 1.22 bits per heavy atom. The van der Waals surface area contributed by atoms with Gasteiger partial charge in [-0.15, -0.1) is 0 Å². The lowest BCUT2D eigenvalue weighted by atomic mass is 9.68. The third-order valence-corrected chi connectivity index (χ3v) is 5.04. The summed E-state index contributed by atoms with van der Waals surface area (Å²) in [6.45, 7) is 3.02. The maximum absolute atomic E-state index is 12.5. The number of benzene rings is 1. The Morgan fingerprint density at radius 2 is 1.96 bits per heavy atom. The molecule has 1 aliphatic heterocycles. The minimum atomic E-state index is -0.375. The number of ether oxygens (including phenoxy) is 2. The fourth-order valence-corrected chi connectivity index (χ4v) is 3.75. The van der Waals surface area contributed by atoms with Gasteiger partial charge in [-0.05, 0) is 38.2 Å². The Bertz CT molecular complexity index is 568. The van der Waals surface area contributed by atoms with Crippen molar-refractivity contribution >= 4 is 12.1 Å². The number of amides is 1. The van der Waals surface area contributed by atoms with Crippen LogP contribution in [0.3, 0.4) is 0 Å². The number of hydrogen-bond acceptors (Lipinski definition) is 4. The second-order valence-corrected chi connectivity index (χ2v) is 6.24. The Labute approximate surface area is 136 Å². The van der Waals surface area contributed by atoms with Gasteiger partial charge in [0, 0.05) is 6.54 Å². The third-order valence-electron chi connectivity index (χ3n) is 5.04. The van der Waals surface area contributed by atoms with Gasteiger partial charge in [0.1, 0.15) is 6.61 Å². The van der Waals surface area contributed by atoms with Crippen molar-refractivity contribution in [3.05, 3.63) is 35.9 Å². The second kappa shape index (κ2) is 6.60. The van der Waals surface area contributed by atoms with Crippen molar-refractivity contribution in [2.24, 2.45) is 5.92 Å². The van der Waals surface area contributed by atoms with Crippen LogP contribution >= 0.6 is 0 Å². The Hall–Kier alpha value is -2.04. The van der Waals surface area contributed by atoms with Crippen LogP contribution in [0, 0.1) is 5.92 Å². The van der Waals surface area contributed by atoms with Gasteiger partial charge in [-0.2, -0.15) is 0 Å². The number of carbonyl (C=O) groups is 2. The maximum atomic E-state index is 12.5. The zero-order valence-electron chi connectivity index (χ0n) is 13.5. The fourth-order valence-electron chi connectivity index (χ4n) is 3.75. The molecule has 5 nitrogen and oxygen atoms in total. The lowest BCUT2D eigenvalue weighted by molar-refractivity contribution is -0.153. The maximum Gasteiger partial charge on any atom is 0.410 e. The van der Waals surface area contributed by atoms with Crippen molar-refractivity contribution < 1.29 is 19.1 Å². The Balaban J connectivity index is 1.65. The highest BCUT2D eigenvalue weighted by atomic mass is 16.6. The molecular weight excluding hydrogens is 294 g/mol. The Morgan fingerprint density at radius 3 is 2.57 bits per heavy atom. The third kappa shape index (κ3) is 2.92. The predicted octanol–water partition coefficient (Wildman–Crippen LogP) is 3.13. The van der Waals surface area contributed by atoms with Gasteiger partial charge in [-0.3, -0.25) is 4.79 Å². The van der Waals surface area contributed by atoms with E-state index in [4.69, 9.17) is 9.47 Å². The molecule has 1 aliphatic carbocycles. The highest BCUT2D eigenvalue weighted by molar-refractivity contribution is 5.78. The summed E-state index contributed by atoms with van der Waals surface area (Å²) in [5, 5.41) is 0. The molecule has 1 heterocycles. The Kier molecular flexibility index (Phi) is 4.55. The van der Waals surface area contributed by atoms with Gasteiger partial charge < -0.3 is 14.4 Å². The van der Waals surface area contributed by atoms with E-state index in [2.05, 4.69) is 0 Å². The molecule has 23 heavy (non-hydrogen) atoms. The van der Waals surface area contributed by atoms with E-state index < -0.39 is 0 Å². The molecule has 124 valence electrons. The molecule has 0 bridgehead atoms. The molecule has 1 saturated carbocycles. The summed E-state index contributed by atoms with van der Waals surface area (Å²) < 4.78 is 10.7. The first-order valence-electron chi connectivity index (χ1n) is 8.32. The van der Waals surface area contributed by atoms with E-state index in [1.807, 2.05) is 37.3 Å². The normalized spacial score (nSPS) is 21.8. The first-order chi connectivity index (χ1) is 11.2. The van der Waals surface area contributed by atoms with Crippen LogP contribution < -0.4 is 0 Å². The molecule has 1 aromatic rings. The van der Waals surface area contributed by atoms with Crippen molar-refractivity contribution in [3.8, 4) is 0 Å². The van der Waals surface area contributed by atoms with Crippen molar-refractivity contribution in [1.29, 1.82) is 0 Å². The average molecular weight is 317 g/mol. The molecule has 2 fully saturated rings. The van der Waals surface area contributed by atoms with Crippen LogP contribution in [0.4, 0.5) is 4.79 Å². The fraction of sp³-hybridized carbons (Fsp3) is 0.556. The summed E-state index contributed by atoms with van der Waals surface area (Å²) in [6.07, 6.45) is 3.10. The number of hydrogen-bond donors (Lipinski definition) is 0. The van der Waals surface area contributed by atoms with Crippen LogP contribution in [-0.4, -0.2) is 35.7 Å². The molecule has 1 amide bonds. The van der Waals surface area contributed by atoms with Crippen molar-refractivity contribution in [2.75, 3.05) is 13.2 Å². The molecular formula is C18H23NO4. The lowest BCUT2D eigenvalue weighted by Crippen LogP contribution is -2.57. The van der Waals surface area contributed by atoms with E-state index in [0.717, 1.165) is 24.8 Å². The monoisotopic (exact) mass is 317 g/mol. The van der Waals surface area contributed by atoms with E-state index in [1.165, 1.54) is 0 Å². The topological polar surface area (TPSA) is 55.8 Å². The van der Waals surface area contributed by atoms with Crippen LogP contribution in [0.1, 0.15) is 38.2 Å². The SMILES string of the molecule is CCOC(=O)C1CCN(C(=O)OCc2ccccc2)C12CCC2. The minimum Gasteiger partial charge on any atom is -0.466 e. The first kappa shape index (κ1) is 15.8. The summed E-state index contributed by atoms with van der Waals surface area (Å²) in [4.78, 5) is 26.5. The van der Waals surface area contributed by atoms with Crippen molar-refractivity contribution in [3.63, 3.8) is 0 Å². The van der Waals surface area contributed by atoms with Crippen molar-refractivity contribution in [2.45, 2.75) is 44.8 Å². The summed E-state index contributed by atoms with van der Waals surface area (Å²) >= 11 is 0. The zero-order chi connectivity index (χ0) is 16.3. The van der Waals surface area contributed by atoms with Gasteiger partial charge in [0.25, 0.3) is 0 Å². The quantitative estimate of drug-likeness (QED) is 0.801. The van der Waals surface area contributed by atoms with Gasteiger partial charge in [0.2, 0.25) is 0 Å². The smallest absolute Gasteiger partial charge is 0.410 e. The molecule has 1 unspecified atom stereocenters. The van der Waals surface area contributed by atoms with E-state index in [-0.39, 0.29) is 30.1 Å². The highest BCUT2D eigenvalue weighted by Crippen LogP contribution is 2.50. The largest absolute Gasteiger partial charge is 0.466 e. The van der Waals surface area contributed by atoms with E-state index in [0.29, 0.717) is 19.6 Å². The average Bonchev–Trinajstić information content (AvgIpc) is 2.94. The second-order valence-electron chi connectivity index (χ2n) is 6.24. The molecule has 0 aromatic heterocycles. The van der Waals surface area contributed by atoms with Gasteiger partial charge >= 0.3 is 12.1 Å². The highest BCUT2D eigenvalue weighted by Gasteiger charge is 2.58. The van der Waals surface area contributed by atoms with Gasteiger partial charge in [-0.25, -0.2) is 4.79 Å². The standard InChI is InChI=1S/C18H23NO4/c1-2-22-16(20)15-9-12-19(18(15)10-6-11-18)17(21)23-13-14-7-4-3-5-8-14/h3-5,7-8,15H,2,6,9-13H2,1H3. The summed E-state index contributed by atoms with van der Waals surface area (Å²) in [5.41, 5.74) is 0.588. The predicted molar refractivity (Wildman–Crippen MR) is 84.7 cm³/mol. The zero-order valence-corrected chi connectivity index (χ0v) is 13.5. The number of rotatable bonds is 4. The number of nitrogens with zero attached hydrogens (tertiary/aromatic N) is 1. The molecule has 5 heteroatoms. The first-order valence-corrected chi connectivity index (χ1v) is 8.32. The molecule has 2 aliphatic rings. The van der Waals surface area contributed by atoms with Crippen molar-refractivity contribution in [1.82, 2.24) is 4.90 Å². The molecule has 1 spiro atoms. The number of carbonyl (C=O) groups excluding carboxylic acids is 2. The molecule has 1 aromatic carbocycles. The summed E-state index contributed by atoms with van der Waals surface area (Å²) in [6, 6.07) is 9.63. The number of likely N-dealkylation sites (tertiary alicyclic amines) is 1. The van der Waals surface area contributed by atoms with Gasteiger partial charge in [-0.1, -0.05) is 30.3 Å². The molecule has 3 rings (SSSR count). The van der Waals surface area contributed by atoms with Gasteiger partial charge in [0.05, 0.1) is 18.1 Å².